The van der Waals surface area contributed by atoms with Crippen LogP contribution in [0.25, 0.3) is 11.3 Å². The third-order valence-electron chi connectivity index (χ3n) is 5.52. The topological polar surface area (TPSA) is 70.6 Å². The van der Waals surface area contributed by atoms with Crippen molar-refractivity contribution < 1.29 is 13.9 Å². The number of likely N-dealkylation sites (N-methyl/N-ethyl adjacent to an activating group) is 1. The first-order valence-corrected chi connectivity index (χ1v) is 11.9. The lowest BCUT2D eigenvalue weighted by Gasteiger charge is -2.32. The van der Waals surface area contributed by atoms with E-state index in [-0.39, 0.29) is 12.3 Å². The number of carbonyl (C=O) groups is 1. The maximum absolute atomic E-state index is 13.3. The molecule has 7 nitrogen and oxygen atoms in total. The SMILES string of the molecule is CN1CCN(CCCOc2cccc(CC(=O)Nc3nc(-c4ccnc(F)c4)cs3)c2)CC1. The van der Waals surface area contributed by atoms with Gasteiger partial charge in [0.15, 0.2) is 5.13 Å². The summed E-state index contributed by atoms with van der Waals surface area (Å²) in [7, 11) is 2.16. The number of aromatic nitrogens is 2. The zero-order valence-electron chi connectivity index (χ0n) is 18.7. The number of amides is 1. The monoisotopic (exact) mass is 469 g/mol. The molecule has 1 aromatic carbocycles. The second kappa shape index (κ2) is 11.3. The van der Waals surface area contributed by atoms with Crippen molar-refractivity contribution in [1.29, 1.82) is 0 Å². The third-order valence-corrected chi connectivity index (χ3v) is 6.28. The molecule has 3 heterocycles. The quantitative estimate of drug-likeness (QED) is 0.382. The Morgan fingerprint density at radius 2 is 2.06 bits per heavy atom. The van der Waals surface area contributed by atoms with Gasteiger partial charge >= 0.3 is 0 Å². The van der Waals surface area contributed by atoms with Crippen LogP contribution in [0.1, 0.15) is 12.0 Å². The van der Waals surface area contributed by atoms with E-state index < -0.39 is 5.95 Å². The second-order valence-electron chi connectivity index (χ2n) is 8.12. The van der Waals surface area contributed by atoms with Crippen molar-refractivity contribution in [3.63, 3.8) is 0 Å². The standard InChI is InChI=1S/C24H28FN5O2S/c1-29-9-11-30(12-10-29)8-3-13-32-20-5-2-4-18(14-20)15-23(31)28-24-27-21(17-33-24)19-6-7-26-22(25)16-19/h2,4-7,14,16-17H,3,8-13,15H2,1H3,(H,27,28,31). The number of pyridine rings is 1. The van der Waals surface area contributed by atoms with Crippen LogP contribution in [0.5, 0.6) is 5.75 Å². The van der Waals surface area contributed by atoms with E-state index in [2.05, 4.69) is 32.1 Å². The van der Waals surface area contributed by atoms with Crippen molar-refractivity contribution in [2.75, 3.05) is 51.7 Å². The lowest BCUT2D eigenvalue weighted by atomic mass is 10.1. The minimum absolute atomic E-state index is 0.163. The third kappa shape index (κ3) is 7.05. The highest BCUT2D eigenvalue weighted by molar-refractivity contribution is 7.14. The number of piperazine rings is 1. The summed E-state index contributed by atoms with van der Waals surface area (Å²) in [6.45, 7) is 6.16. The lowest BCUT2D eigenvalue weighted by molar-refractivity contribution is -0.115. The van der Waals surface area contributed by atoms with Gasteiger partial charge in [0.1, 0.15) is 5.75 Å². The molecule has 33 heavy (non-hydrogen) atoms. The molecule has 0 radical (unpaired) electrons. The van der Waals surface area contributed by atoms with Crippen LogP contribution in [-0.4, -0.2) is 72.1 Å². The van der Waals surface area contributed by atoms with Crippen molar-refractivity contribution >= 4 is 22.4 Å². The van der Waals surface area contributed by atoms with Crippen LogP contribution in [0.15, 0.2) is 48.0 Å². The van der Waals surface area contributed by atoms with E-state index in [1.54, 1.807) is 11.4 Å². The molecule has 0 unspecified atom stereocenters. The number of halogens is 1. The normalized spacial score (nSPS) is 14.8. The number of thiazole rings is 1. The number of anilines is 1. The fourth-order valence-corrected chi connectivity index (χ4v) is 4.41. The average Bonchev–Trinajstić information content (AvgIpc) is 3.26. The molecule has 0 aliphatic carbocycles. The molecule has 0 bridgehead atoms. The Kier molecular flexibility index (Phi) is 7.98. The van der Waals surface area contributed by atoms with Crippen LogP contribution in [0.2, 0.25) is 0 Å². The molecule has 2 aromatic heterocycles. The van der Waals surface area contributed by atoms with Gasteiger partial charge in [-0.2, -0.15) is 4.39 Å². The number of nitrogens with zero attached hydrogens (tertiary/aromatic N) is 4. The molecular formula is C24H28FN5O2S. The van der Waals surface area contributed by atoms with E-state index in [0.717, 1.165) is 50.5 Å². The first kappa shape index (κ1) is 23.3. The van der Waals surface area contributed by atoms with Gasteiger partial charge in [-0.1, -0.05) is 12.1 Å². The summed E-state index contributed by atoms with van der Waals surface area (Å²) in [4.78, 5) is 25.2. The zero-order chi connectivity index (χ0) is 23.0. The number of hydrogen-bond donors (Lipinski definition) is 1. The molecule has 0 atom stereocenters. The molecule has 1 aliphatic heterocycles. The fourth-order valence-electron chi connectivity index (χ4n) is 3.67. The van der Waals surface area contributed by atoms with E-state index in [9.17, 15) is 9.18 Å². The van der Waals surface area contributed by atoms with Crippen LogP contribution in [0, 0.1) is 5.95 Å². The van der Waals surface area contributed by atoms with E-state index >= 15 is 0 Å². The summed E-state index contributed by atoms with van der Waals surface area (Å²) >= 11 is 1.30. The smallest absolute Gasteiger partial charge is 0.230 e. The van der Waals surface area contributed by atoms with Crippen molar-refractivity contribution in [3.8, 4) is 17.0 Å². The van der Waals surface area contributed by atoms with Crippen LogP contribution < -0.4 is 10.1 Å². The van der Waals surface area contributed by atoms with Crippen molar-refractivity contribution in [2.45, 2.75) is 12.8 Å². The molecule has 3 aromatic rings. The van der Waals surface area contributed by atoms with Crippen molar-refractivity contribution in [3.05, 3.63) is 59.5 Å². The van der Waals surface area contributed by atoms with Gasteiger partial charge in [0.2, 0.25) is 11.9 Å². The van der Waals surface area contributed by atoms with E-state index in [1.807, 2.05) is 24.3 Å². The highest BCUT2D eigenvalue weighted by Gasteiger charge is 2.13. The first-order chi connectivity index (χ1) is 16.0. The summed E-state index contributed by atoms with van der Waals surface area (Å²) in [5.74, 6) is 0.0477. The number of ether oxygens (including phenoxy) is 1. The molecule has 0 spiro atoms. The molecule has 1 aliphatic rings. The number of rotatable bonds is 9. The largest absolute Gasteiger partial charge is 0.494 e. The Balaban J connectivity index is 1.23. The fraction of sp³-hybridized carbons (Fsp3) is 0.375. The highest BCUT2D eigenvalue weighted by atomic mass is 32.1. The van der Waals surface area contributed by atoms with Crippen LogP contribution in [0.4, 0.5) is 9.52 Å². The summed E-state index contributed by atoms with van der Waals surface area (Å²) < 4.78 is 19.2. The average molecular weight is 470 g/mol. The Morgan fingerprint density at radius 1 is 1.21 bits per heavy atom. The summed E-state index contributed by atoms with van der Waals surface area (Å²) in [6, 6.07) is 10.6. The van der Waals surface area contributed by atoms with E-state index in [0.29, 0.717) is 23.0 Å². The van der Waals surface area contributed by atoms with Crippen molar-refractivity contribution in [2.24, 2.45) is 0 Å². The molecule has 174 valence electrons. The van der Waals surface area contributed by atoms with Gasteiger partial charge in [0.25, 0.3) is 0 Å². The minimum atomic E-state index is -0.562. The van der Waals surface area contributed by atoms with Gasteiger partial charge in [-0.15, -0.1) is 11.3 Å². The van der Waals surface area contributed by atoms with Gasteiger partial charge in [0.05, 0.1) is 18.7 Å². The maximum atomic E-state index is 13.3. The first-order valence-electron chi connectivity index (χ1n) is 11.0. The highest BCUT2D eigenvalue weighted by Crippen LogP contribution is 2.25. The van der Waals surface area contributed by atoms with Gasteiger partial charge in [-0.3, -0.25) is 4.79 Å². The van der Waals surface area contributed by atoms with Crippen LogP contribution in [0.3, 0.4) is 0 Å². The second-order valence-corrected chi connectivity index (χ2v) is 8.98. The lowest BCUT2D eigenvalue weighted by Crippen LogP contribution is -2.44. The Morgan fingerprint density at radius 3 is 2.88 bits per heavy atom. The maximum Gasteiger partial charge on any atom is 0.230 e. The molecule has 1 amide bonds. The molecule has 1 N–H and O–H groups in total. The molecule has 4 rings (SSSR count). The number of nitrogens with one attached hydrogen (secondary N) is 1. The van der Waals surface area contributed by atoms with Gasteiger partial charge in [-0.05, 0) is 37.2 Å². The molecule has 1 saturated heterocycles. The Bertz CT molecular complexity index is 1070. The summed E-state index contributed by atoms with van der Waals surface area (Å²) in [6.07, 6.45) is 2.59. The van der Waals surface area contributed by atoms with Gasteiger partial charge in [-0.25, -0.2) is 9.97 Å². The molecule has 0 saturated carbocycles. The minimum Gasteiger partial charge on any atom is -0.494 e. The number of benzene rings is 1. The molecule has 9 heteroatoms. The Labute approximate surface area is 197 Å². The van der Waals surface area contributed by atoms with Crippen LogP contribution in [-0.2, 0) is 11.2 Å². The van der Waals surface area contributed by atoms with E-state index in [4.69, 9.17) is 4.74 Å². The van der Waals surface area contributed by atoms with Gasteiger partial charge in [0, 0.05) is 55.9 Å². The Hall–Kier alpha value is -2.88. The zero-order valence-corrected chi connectivity index (χ0v) is 19.5. The van der Waals surface area contributed by atoms with Crippen molar-refractivity contribution in [1.82, 2.24) is 19.8 Å². The number of carbonyl (C=O) groups excluding carboxylic acids is 1. The molecule has 1 fully saturated rings. The van der Waals surface area contributed by atoms with Crippen LogP contribution >= 0.6 is 11.3 Å². The molecular weight excluding hydrogens is 441 g/mol. The van der Waals surface area contributed by atoms with Gasteiger partial charge < -0.3 is 19.9 Å². The summed E-state index contributed by atoms with van der Waals surface area (Å²) in [5, 5.41) is 5.07. The summed E-state index contributed by atoms with van der Waals surface area (Å²) in [5.41, 5.74) is 2.09. The van der Waals surface area contributed by atoms with E-state index in [1.165, 1.54) is 23.6 Å². The number of hydrogen-bond acceptors (Lipinski definition) is 7. The predicted molar refractivity (Wildman–Crippen MR) is 128 cm³/mol. The predicted octanol–water partition coefficient (Wildman–Crippen LogP) is 3.54.